The summed E-state index contributed by atoms with van der Waals surface area (Å²) in [6.45, 7) is 2.40. The van der Waals surface area contributed by atoms with Crippen molar-refractivity contribution in [3.8, 4) is 0 Å². The van der Waals surface area contributed by atoms with Gasteiger partial charge in [0, 0.05) is 10.8 Å². The van der Waals surface area contributed by atoms with Crippen LogP contribution in [0.1, 0.15) is 24.1 Å². The Bertz CT molecular complexity index is 669. The predicted octanol–water partition coefficient (Wildman–Crippen LogP) is 1.08. The van der Waals surface area contributed by atoms with Crippen LogP contribution in [-0.2, 0) is 21.4 Å². The SMILES string of the molecule is CNS(=O)(=O)c1ccc(CNC(=O)C2CC23CCNCC3)s1.Cl. The average Bonchev–Trinajstić information content (AvgIpc) is 2.99. The van der Waals surface area contributed by atoms with Crippen LogP contribution in [0.25, 0.3) is 0 Å². The van der Waals surface area contributed by atoms with Crippen LogP contribution in [0.4, 0.5) is 0 Å². The molecule has 1 atom stereocenters. The normalized spacial score (nSPS) is 22.4. The highest BCUT2D eigenvalue weighted by atomic mass is 35.5. The van der Waals surface area contributed by atoms with E-state index in [0.717, 1.165) is 37.2 Å². The number of carbonyl (C=O) groups excluding carboxylic acids is 1. The zero-order valence-corrected chi connectivity index (χ0v) is 15.4. The van der Waals surface area contributed by atoms with Gasteiger partial charge in [-0.15, -0.1) is 23.7 Å². The third-order valence-corrected chi connectivity index (χ3v) is 7.70. The smallest absolute Gasteiger partial charge is 0.249 e. The van der Waals surface area contributed by atoms with Gasteiger partial charge in [0.1, 0.15) is 4.21 Å². The minimum atomic E-state index is -3.39. The van der Waals surface area contributed by atoms with E-state index in [1.807, 2.05) is 0 Å². The third kappa shape index (κ3) is 3.88. The van der Waals surface area contributed by atoms with Gasteiger partial charge in [0.15, 0.2) is 0 Å². The van der Waals surface area contributed by atoms with Crippen molar-refractivity contribution in [1.29, 1.82) is 0 Å². The second-order valence-corrected chi connectivity index (χ2v) is 9.30. The summed E-state index contributed by atoms with van der Waals surface area (Å²) in [6.07, 6.45) is 3.15. The minimum Gasteiger partial charge on any atom is -0.351 e. The molecule has 2 aliphatic rings. The first-order chi connectivity index (χ1) is 10.5. The fraction of sp³-hybridized carbons (Fsp3) is 0.643. The molecule has 0 radical (unpaired) electrons. The van der Waals surface area contributed by atoms with Gasteiger partial charge >= 0.3 is 0 Å². The monoisotopic (exact) mass is 379 g/mol. The summed E-state index contributed by atoms with van der Waals surface area (Å²) in [6, 6.07) is 3.33. The molecule has 1 aromatic heterocycles. The van der Waals surface area contributed by atoms with Crippen LogP contribution >= 0.6 is 23.7 Å². The molecular formula is C14H22ClN3O3S2. The Labute approximate surface area is 146 Å². The lowest BCUT2D eigenvalue weighted by Gasteiger charge is -2.23. The van der Waals surface area contributed by atoms with Crippen LogP contribution in [-0.4, -0.2) is 34.5 Å². The molecule has 9 heteroatoms. The van der Waals surface area contributed by atoms with Gasteiger partial charge in [-0.25, -0.2) is 13.1 Å². The number of thiophene rings is 1. The van der Waals surface area contributed by atoms with Gasteiger partial charge in [0.25, 0.3) is 0 Å². The molecule has 2 heterocycles. The van der Waals surface area contributed by atoms with Crippen LogP contribution in [0.3, 0.4) is 0 Å². The number of carbonyl (C=O) groups is 1. The lowest BCUT2D eigenvalue weighted by Crippen LogP contribution is -2.33. The lowest BCUT2D eigenvalue weighted by molar-refractivity contribution is -0.123. The fourth-order valence-corrected chi connectivity index (χ4v) is 5.32. The number of hydrogen-bond acceptors (Lipinski definition) is 5. The molecule has 1 amide bonds. The van der Waals surface area contributed by atoms with E-state index in [4.69, 9.17) is 0 Å². The Morgan fingerprint density at radius 1 is 1.39 bits per heavy atom. The van der Waals surface area contributed by atoms with Crippen molar-refractivity contribution in [2.24, 2.45) is 11.3 Å². The molecule has 1 aliphatic heterocycles. The van der Waals surface area contributed by atoms with Gasteiger partial charge in [-0.3, -0.25) is 4.79 Å². The lowest BCUT2D eigenvalue weighted by atomic mass is 9.92. The molecule has 6 nitrogen and oxygen atoms in total. The van der Waals surface area contributed by atoms with Crippen molar-refractivity contribution >= 4 is 39.7 Å². The molecule has 130 valence electrons. The number of sulfonamides is 1. The zero-order chi connectivity index (χ0) is 15.8. The Kier molecular flexibility index (Phi) is 5.73. The summed E-state index contributed by atoms with van der Waals surface area (Å²) in [5.74, 6) is 0.239. The summed E-state index contributed by atoms with van der Waals surface area (Å²) >= 11 is 1.19. The largest absolute Gasteiger partial charge is 0.351 e. The fourth-order valence-electron chi connectivity index (χ4n) is 3.19. The van der Waals surface area contributed by atoms with Crippen LogP contribution in [0.5, 0.6) is 0 Å². The highest BCUT2D eigenvalue weighted by Gasteiger charge is 2.57. The Morgan fingerprint density at radius 2 is 2.09 bits per heavy atom. The second kappa shape index (κ2) is 7.06. The molecule has 0 aromatic carbocycles. The van der Waals surface area contributed by atoms with E-state index in [1.54, 1.807) is 12.1 Å². The van der Waals surface area contributed by atoms with E-state index in [0.29, 0.717) is 6.54 Å². The van der Waals surface area contributed by atoms with Crippen LogP contribution in [0.2, 0.25) is 0 Å². The van der Waals surface area contributed by atoms with E-state index in [-0.39, 0.29) is 33.9 Å². The topological polar surface area (TPSA) is 87.3 Å². The number of rotatable bonds is 5. The first-order valence-electron chi connectivity index (χ1n) is 7.48. The number of nitrogens with one attached hydrogen (secondary N) is 3. The van der Waals surface area contributed by atoms with Gasteiger partial charge in [-0.05, 0) is 56.9 Å². The van der Waals surface area contributed by atoms with Crippen molar-refractivity contribution in [3.05, 3.63) is 17.0 Å². The van der Waals surface area contributed by atoms with E-state index in [2.05, 4.69) is 15.4 Å². The quantitative estimate of drug-likeness (QED) is 0.714. The average molecular weight is 380 g/mol. The highest BCUT2D eigenvalue weighted by Crippen LogP contribution is 2.58. The summed E-state index contributed by atoms with van der Waals surface area (Å²) < 4.78 is 25.9. The van der Waals surface area contributed by atoms with E-state index < -0.39 is 10.0 Å². The van der Waals surface area contributed by atoms with Gasteiger partial charge in [-0.2, -0.15) is 0 Å². The van der Waals surface area contributed by atoms with E-state index >= 15 is 0 Å². The first kappa shape index (κ1) is 18.7. The number of amides is 1. The maximum Gasteiger partial charge on any atom is 0.249 e. The molecular weight excluding hydrogens is 358 g/mol. The Morgan fingerprint density at radius 3 is 2.74 bits per heavy atom. The summed E-state index contributed by atoms with van der Waals surface area (Å²) in [5, 5.41) is 6.28. The molecule has 1 unspecified atom stereocenters. The molecule has 1 aliphatic carbocycles. The maximum atomic E-state index is 12.3. The molecule has 1 saturated heterocycles. The maximum absolute atomic E-state index is 12.3. The number of hydrogen-bond donors (Lipinski definition) is 3. The summed E-state index contributed by atoms with van der Waals surface area (Å²) in [7, 11) is -2.00. The molecule has 2 fully saturated rings. The van der Waals surface area contributed by atoms with Crippen molar-refractivity contribution in [2.45, 2.75) is 30.0 Å². The third-order valence-electron chi connectivity index (χ3n) is 4.71. The van der Waals surface area contributed by atoms with Gasteiger partial charge in [-0.1, -0.05) is 0 Å². The second-order valence-electron chi connectivity index (χ2n) is 6.02. The van der Waals surface area contributed by atoms with Crippen molar-refractivity contribution < 1.29 is 13.2 Å². The van der Waals surface area contributed by atoms with E-state index in [1.165, 1.54) is 18.4 Å². The molecule has 1 aromatic rings. The van der Waals surface area contributed by atoms with Crippen molar-refractivity contribution in [1.82, 2.24) is 15.4 Å². The molecule has 3 rings (SSSR count). The van der Waals surface area contributed by atoms with Crippen molar-refractivity contribution in [2.75, 3.05) is 20.1 Å². The molecule has 0 bridgehead atoms. The standard InChI is InChI=1S/C14H21N3O3S2.ClH/c1-15-22(19,20)12-3-2-10(21-12)9-17-13(18)11-8-14(11)4-6-16-7-5-14;/h2-3,11,15-16H,4-9H2,1H3,(H,17,18);1H. The van der Waals surface area contributed by atoms with E-state index in [9.17, 15) is 13.2 Å². The van der Waals surface area contributed by atoms with Crippen LogP contribution in [0.15, 0.2) is 16.3 Å². The van der Waals surface area contributed by atoms with Gasteiger partial charge in [0.2, 0.25) is 15.9 Å². The first-order valence-corrected chi connectivity index (χ1v) is 9.77. The van der Waals surface area contributed by atoms with Gasteiger partial charge in [0.05, 0.1) is 6.54 Å². The van der Waals surface area contributed by atoms with Crippen molar-refractivity contribution in [3.63, 3.8) is 0 Å². The molecule has 1 saturated carbocycles. The summed E-state index contributed by atoms with van der Waals surface area (Å²) in [4.78, 5) is 13.1. The van der Waals surface area contributed by atoms with Crippen LogP contribution < -0.4 is 15.4 Å². The highest BCUT2D eigenvalue weighted by molar-refractivity contribution is 7.91. The number of piperidine rings is 1. The molecule has 3 N–H and O–H groups in total. The minimum absolute atomic E-state index is 0. The molecule has 1 spiro atoms. The predicted molar refractivity (Wildman–Crippen MR) is 92.3 cm³/mol. The zero-order valence-electron chi connectivity index (χ0n) is 12.9. The Balaban J connectivity index is 0.00000192. The number of halogens is 1. The van der Waals surface area contributed by atoms with Crippen LogP contribution in [0, 0.1) is 11.3 Å². The van der Waals surface area contributed by atoms with Gasteiger partial charge < -0.3 is 10.6 Å². The summed E-state index contributed by atoms with van der Waals surface area (Å²) in [5.41, 5.74) is 0.228. The Hall–Kier alpha value is -0.670. The molecule has 23 heavy (non-hydrogen) atoms.